The number of furan rings is 1. The molecule has 0 aliphatic heterocycles. The van der Waals surface area contributed by atoms with Crippen molar-refractivity contribution in [3.8, 4) is 0 Å². The monoisotopic (exact) mass is 289 g/mol. The van der Waals surface area contributed by atoms with Gasteiger partial charge in [-0.2, -0.15) is 0 Å². The number of hydrogen-bond acceptors (Lipinski definition) is 5. The zero-order chi connectivity index (χ0) is 14.5. The van der Waals surface area contributed by atoms with Crippen molar-refractivity contribution in [2.45, 2.75) is 4.90 Å². The Labute approximate surface area is 119 Å². The first kappa shape index (κ1) is 14.1. The van der Waals surface area contributed by atoms with Crippen LogP contribution < -0.4 is 0 Å². The molecule has 0 amide bonds. The number of hydrogen-bond donors (Lipinski definition) is 0. The molecular formula is C14H11NO4S. The quantitative estimate of drug-likeness (QED) is 0.275. The molecule has 0 unspecified atom stereocenters. The van der Waals surface area contributed by atoms with Gasteiger partial charge in [0.1, 0.15) is 10.7 Å². The summed E-state index contributed by atoms with van der Waals surface area (Å²) in [6.45, 7) is 0. The molecule has 0 spiro atoms. The Kier molecular flexibility index (Phi) is 4.37. The van der Waals surface area contributed by atoms with Gasteiger partial charge in [0.2, 0.25) is 0 Å². The Hall–Kier alpha value is -2.34. The van der Waals surface area contributed by atoms with Crippen molar-refractivity contribution in [1.29, 1.82) is 0 Å². The van der Waals surface area contributed by atoms with Crippen LogP contribution in [0.25, 0.3) is 6.08 Å². The molecule has 0 radical (unpaired) electrons. The van der Waals surface area contributed by atoms with E-state index < -0.39 is 4.92 Å². The molecule has 0 saturated carbocycles. The fraction of sp³-hybridized carbons (Fsp3) is 0.0714. The van der Waals surface area contributed by atoms with Crippen molar-refractivity contribution < 1.29 is 14.1 Å². The van der Waals surface area contributed by atoms with E-state index in [2.05, 4.69) is 0 Å². The smallest absolute Gasteiger partial charge is 0.401 e. The number of carbonyl (C=O) groups is 1. The van der Waals surface area contributed by atoms with E-state index >= 15 is 0 Å². The highest BCUT2D eigenvalue weighted by Crippen LogP contribution is 2.18. The molecule has 0 saturated heterocycles. The second-order valence-corrected chi connectivity index (χ2v) is 4.74. The Morgan fingerprint density at radius 1 is 1.25 bits per heavy atom. The SMILES string of the molecule is CSc1ccc(C(=O)/C=C/c2ccc([N+](=O)[O-])o2)cc1. The minimum atomic E-state index is -0.625. The van der Waals surface area contributed by atoms with Gasteiger partial charge in [0.15, 0.2) is 5.78 Å². The molecule has 20 heavy (non-hydrogen) atoms. The van der Waals surface area contributed by atoms with Crippen LogP contribution in [0.1, 0.15) is 16.1 Å². The predicted molar refractivity (Wildman–Crippen MR) is 76.9 cm³/mol. The molecule has 6 heteroatoms. The van der Waals surface area contributed by atoms with Crippen molar-refractivity contribution in [3.05, 3.63) is 63.9 Å². The topological polar surface area (TPSA) is 73.3 Å². The molecule has 1 aromatic heterocycles. The van der Waals surface area contributed by atoms with Gasteiger partial charge in [-0.25, -0.2) is 0 Å². The number of carbonyl (C=O) groups excluding carboxylic acids is 1. The van der Waals surface area contributed by atoms with Crippen molar-refractivity contribution in [2.75, 3.05) is 6.26 Å². The molecule has 2 aromatic rings. The Morgan fingerprint density at radius 2 is 1.95 bits per heavy atom. The van der Waals surface area contributed by atoms with Crippen LogP contribution in [-0.4, -0.2) is 17.0 Å². The number of nitrogens with zero attached hydrogens (tertiary/aromatic N) is 1. The fourth-order valence-electron chi connectivity index (χ4n) is 1.54. The van der Waals surface area contributed by atoms with Crippen molar-refractivity contribution in [1.82, 2.24) is 0 Å². The molecule has 0 fully saturated rings. The van der Waals surface area contributed by atoms with Gasteiger partial charge in [-0.15, -0.1) is 11.8 Å². The van der Waals surface area contributed by atoms with Crippen LogP contribution in [0.15, 0.2) is 51.8 Å². The maximum atomic E-state index is 11.9. The molecule has 0 N–H and O–H groups in total. The predicted octanol–water partition coefficient (Wildman–Crippen LogP) is 3.81. The largest absolute Gasteiger partial charge is 0.433 e. The second-order valence-electron chi connectivity index (χ2n) is 3.86. The van der Waals surface area contributed by atoms with Gasteiger partial charge < -0.3 is 4.42 Å². The summed E-state index contributed by atoms with van der Waals surface area (Å²) in [5.41, 5.74) is 0.556. The first-order valence-corrected chi connectivity index (χ1v) is 6.93. The van der Waals surface area contributed by atoms with Gasteiger partial charge >= 0.3 is 5.88 Å². The number of rotatable bonds is 5. The molecule has 0 bridgehead atoms. The van der Waals surface area contributed by atoms with E-state index in [4.69, 9.17) is 4.42 Å². The zero-order valence-corrected chi connectivity index (χ0v) is 11.4. The number of thioether (sulfide) groups is 1. The van der Waals surface area contributed by atoms with Gasteiger partial charge in [-0.05, 0) is 48.7 Å². The third-order valence-electron chi connectivity index (χ3n) is 2.57. The Bertz CT molecular complexity index is 658. The maximum absolute atomic E-state index is 11.9. The van der Waals surface area contributed by atoms with Crippen LogP contribution in [-0.2, 0) is 0 Å². The standard InChI is InChI=1S/C14H11NO4S/c1-20-12-6-2-10(3-7-12)13(16)8-4-11-5-9-14(19-11)15(17)18/h2-9H,1H3/b8-4+. The highest BCUT2D eigenvalue weighted by atomic mass is 32.2. The lowest BCUT2D eigenvalue weighted by Crippen LogP contribution is -1.93. The van der Waals surface area contributed by atoms with Crippen LogP contribution in [0.3, 0.4) is 0 Å². The van der Waals surface area contributed by atoms with E-state index in [-0.39, 0.29) is 17.4 Å². The third-order valence-corrected chi connectivity index (χ3v) is 3.31. The molecule has 1 aromatic carbocycles. The van der Waals surface area contributed by atoms with Gasteiger partial charge in [-0.1, -0.05) is 0 Å². The van der Waals surface area contributed by atoms with Crippen LogP contribution in [0.4, 0.5) is 5.88 Å². The van der Waals surface area contributed by atoms with Crippen LogP contribution in [0, 0.1) is 10.1 Å². The van der Waals surface area contributed by atoms with E-state index in [1.807, 2.05) is 18.4 Å². The Morgan fingerprint density at radius 3 is 2.50 bits per heavy atom. The third kappa shape index (κ3) is 3.36. The number of benzene rings is 1. The number of allylic oxidation sites excluding steroid dienone is 1. The normalized spacial score (nSPS) is 10.8. The van der Waals surface area contributed by atoms with Crippen molar-refractivity contribution in [2.24, 2.45) is 0 Å². The van der Waals surface area contributed by atoms with Gasteiger partial charge in [-0.3, -0.25) is 14.9 Å². The first-order valence-electron chi connectivity index (χ1n) is 5.71. The minimum Gasteiger partial charge on any atom is -0.401 e. The van der Waals surface area contributed by atoms with Gasteiger partial charge in [0, 0.05) is 10.5 Å². The summed E-state index contributed by atoms with van der Waals surface area (Å²) in [6, 6.07) is 9.90. The van der Waals surface area contributed by atoms with Crippen LogP contribution in [0.2, 0.25) is 0 Å². The summed E-state index contributed by atoms with van der Waals surface area (Å²) in [5.74, 6) is -0.260. The summed E-state index contributed by atoms with van der Waals surface area (Å²) in [7, 11) is 0. The minimum absolute atomic E-state index is 0.184. The fourth-order valence-corrected chi connectivity index (χ4v) is 1.95. The average Bonchev–Trinajstić information content (AvgIpc) is 2.94. The van der Waals surface area contributed by atoms with Gasteiger partial charge in [0.25, 0.3) is 0 Å². The molecule has 0 aliphatic rings. The molecule has 0 atom stereocenters. The van der Waals surface area contributed by atoms with Crippen molar-refractivity contribution in [3.63, 3.8) is 0 Å². The molecule has 0 aliphatic carbocycles. The maximum Gasteiger partial charge on any atom is 0.433 e. The summed E-state index contributed by atoms with van der Waals surface area (Å²) < 4.78 is 4.93. The number of ketones is 1. The van der Waals surface area contributed by atoms with Crippen molar-refractivity contribution >= 4 is 29.5 Å². The zero-order valence-electron chi connectivity index (χ0n) is 10.6. The lowest BCUT2D eigenvalue weighted by molar-refractivity contribution is -0.402. The molecule has 5 nitrogen and oxygen atoms in total. The van der Waals surface area contributed by atoms with E-state index in [0.29, 0.717) is 5.56 Å². The van der Waals surface area contributed by atoms with E-state index in [9.17, 15) is 14.9 Å². The second kappa shape index (κ2) is 6.21. The highest BCUT2D eigenvalue weighted by molar-refractivity contribution is 7.98. The Balaban J connectivity index is 2.09. The molecule has 102 valence electrons. The van der Waals surface area contributed by atoms with Crippen LogP contribution in [0.5, 0.6) is 0 Å². The average molecular weight is 289 g/mol. The van der Waals surface area contributed by atoms with Crippen LogP contribution >= 0.6 is 11.8 Å². The summed E-state index contributed by atoms with van der Waals surface area (Å²) in [4.78, 5) is 22.8. The molecular weight excluding hydrogens is 278 g/mol. The summed E-state index contributed by atoms with van der Waals surface area (Å²) in [6.07, 6.45) is 4.70. The lowest BCUT2D eigenvalue weighted by Gasteiger charge is -1.97. The first-order chi connectivity index (χ1) is 9.60. The number of nitro groups is 1. The summed E-state index contributed by atoms with van der Waals surface area (Å²) >= 11 is 1.60. The molecule has 2 rings (SSSR count). The van der Waals surface area contributed by atoms with E-state index in [0.717, 1.165) is 4.90 Å². The molecule has 1 heterocycles. The van der Waals surface area contributed by atoms with Gasteiger partial charge in [0.05, 0.1) is 6.07 Å². The highest BCUT2D eigenvalue weighted by Gasteiger charge is 2.10. The summed E-state index contributed by atoms with van der Waals surface area (Å²) in [5, 5.41) is 10.5. The van der Waals surface area contributed by atoms with E-state index in [1.54, 1.807) is 23.9 Å². The lowest BCUT2D eigenvalue weighted by atomic mass is 10.1. The van der Waals surface area contributed by atoms with E-state index in [1.165, 1.54) is 24.3 Å².